The Hall–Kier alpha value is -2.55. The van der Waals surface area contributed by atoms with Gasteiger partial charge in [0.2, 0.25) is 17.7 Å². The molecule has 0 aliphatic carbocycles. The van der Waals surface area contributed by atoms with E-state index in [9.17, 15) is 19.5 Å². The molecule has 3 heterocycles. The van der Waals surface area contributed by atoms with Crippen molar-refractivity contribution in [3.05, 3.63) is 65.2 Å². The van der Waals surface area contributed by atoms with E-state index in [2.05, 4.69) is 17.6 Å². The molecule has 2 aromatic carbocycles. The van der Waals surface area contributed by atoms with E-state index in [1.54, 1.807) is 40.9 Å². The van der Waals surface area contributed by atoms with Gasteiger partial charge in [0, 0.05) is 11.8 Å². The Kier molecular flexibility index (Phi) is 8.00. The minimum atomic E-state index is -0.839. The fraction of sp³-hybridized carbons (Fsp3) is 0.500. The summed E-state index contributed by atoms with van der Waals surface area (Å²) in [7, 11) is 0. The smallest absolute Gasteiger partial charge is 0.248 e. The van der Waals surface area contributed by atoms with E-state index in [0.717, 1.165) is 18.4 Å². The molecule has 3 aliphatic heterocycles. The lowest BCUT2D eigenvalue weighted by atomic mass is 9.66. The number of benzene rings is 2. The van der Waals surface area contributed by atoms with Crippen LogP contribution in [0.2, 0.25) is 5.02 Å². The zero-order valence-corrected chi connectivity index (χ0v) is 24.0. The highest BCUT2D eigenvalue weighted by molar-refractivity contribution is 8.02. The van der Waals surface area contributed by atoms with Crippen molar-refractivity contribution in [2.24, 2.45) is 23.7 Å². The van der Waals surface area contributed by atoms with Gasteiger partial charge in [-0.2, -0.15) is 0 Å². The van der Waals surface area contributed by atoms with Crippen molar-refractivity contribution in [3.8, 4) is 0 Å². The highest BCUT2D eigenvalue weighted by atomic mass is 35.5. The van der Waals surface area contributed by atoms with E-state index in [1.165, 1.54) is 0 Å². The number of para-hydroxylation sites is 1. The minimum Gasteiger partial charge on any atom is -0.394 e. The largest absolute Gasteiger partial charge is 0.394 e. The summed E-state index contributed by atoms with van der Waals surface area (Å²) in [6, 6.07) is 15.3. The Labute approximate surface area is 239 Å². The summed E-state index contributed by atoms with van der Waals surface area (Å²) in [6.07, 6.45) is 1.48. The molecule has 3 unspecified atom stereocenters. The fourth-order valence-corrected chi connectivity index (χ4v) is 9.49. The first-order chi connectivity index (χ1) is 18.7. The van der Waals surface area contributed by atoms with E-state index in [0.29, 0.717) is 17.3 Å². The van der Waals surface area contributed by atoms with Crippen molar-refractivity contribution in [3.63, 3.8) is 0 Å². The van der Waals surface area contributed by atoms with Gasteiger partial charge in [-0.15, -0.1) is 11.8 Å². The topological polar surface area (TPSA) is 98.7 Å². The third-order valence-corrected chi connectivity index (χ3v) is 11.4. The zero-order chi connectivity index (χ0) is 27.9. The van der Waals surface area contributed by atoms with Crippen LogP contribution >= 0.6 is 23.4 Å². The average molecular weight is 570 g/mol. The zero-order valence-electron chi connectivity index (χ0n) is 22.5. The van der Waals surface area contributed by atoms with Gasteiger partial charge in [0.15, 0.2) is 0 Å². The molecule has 0 radical (unpaired) electrons. The number of hydrogen-bond donors (Lipinski definition) is 3. The molecule has 3 aliphatic rings. The lowest BCUT2D eigenvalue weighted by Crippen LogP contribution is -2.58. The lowest BCUT2D eigenvalue weighted by Gasteiger charge is -2.41. The highest BCUT2D eigenvalue weighted by Gasteiger charge is 2.76. The van der Waals surface area contributed by atoms with Crippen LogP contribution < -0.4 is 10.6 Å². The van der Waals surface area contributed by atoms with Crippen LogP contribution in [0.3, 0.4) is 0 Å². The lowest BCUT2D eigenvalue weighted by molar-refractivity contribution is -0.143. The molecule has 0 saturated carbocycles. The molecule has 3 amide bonds. The standard InChI is InChI=1S/C30H36ClN3O4S/c1-4-17(2)22(16-35)34-26(28(37)33-21-13-9-8-12-20(21)31)30-18(3)14-23(39-30)24(25(30)29(34)38)27(36)32-15-19-10-6-5-7-11-19/h5-13,17-18,22-26,35H,4,14-16H2,1-3H3,(H,32,36)(H,33,37)/t17-,18?,22-,23-,24+,25-,26?,30?/m0/s1. The van der Waals surface area contributed by atoms with Gasteiger partial charge in [0.1, 0.15) is 6.04 Å². The molecule has 208 valence electrons. The van der Waals surface area contributed by atoms with Crippen LogP contribution in [0.4, 0.5) is 5.69 Å². The Balaban J connectivity index is 1.52. The number of thioether (sulfide) groups is 1. The molecule has 39 heavy (non-hydrogen) atoms. The molecule has 8 atom stereocenters. The minimum absolute atomic E-state index is 0.0305. The predicted octanol–water partition coefficient (Wildman–Crippen LogP) is 4.34. The van der Waals surface area contributed by atoms with Crippen LogP contribution in [0.5, 0.6) is 0 Å². The maximum atomic E-state index is 14.4. The number of aliphatic hydroxyl groups is 1. The third-order valence-electron chi connectivity index (χ3n) is 9.02. The second kappa shape index (κ2) is 11.1. The molecule has 2 bridgehead atoms. The highest BCUT2D eigenvalue weighted by Crippen LogP contribution is 2.69. The van der Waals surface area contributed by atoms with Gasteiger partial charge in [-0.1, -0.05) is 81.3 Å². The summed E-state index contributed by atoms with van der Waals surface area (Å²) in [4.78, 5) is 43.8. The molecule has 1 spiro atoms. The number of hydrogen-bond acceptors (Lipinski definition) is 5. The number of carbonyl (C=O) groups excluding carboxylic acids is 3. The van der Waals surface area contributed by atoms with Gasteiger partial charge in [0.05, 0.1) is 39.9 Å². The van der Waals surface area contributed by atoms with E-state index in [-0.39, 0.29) is 41.4 Å². The number of fused-ring (bicyclic) bond motifs is 1. The second-order valence-corrected chi connectivity index (χ2v) is 13.1. The number of carbonyl (C=O) groups is 3. The molecule has 5 rings (SSSR count). The normalized spacial score (nSPS) is 30.6. The van der Waals surface area contributed by atoms with Crippen LogP contribution in [-0.4, -0.2) is 56.4 Å². The van der Waals surface area contributed by atoms with Crippen LogP contribution in [-0.2, 0) is 20.9 Å². The summed E-state index contributed by atoms with van der Waals surface area (Å²) in [6.45, 7) is 6.20. The Morgan fingerprint density at radius 2 is 1.85 bits per heavy atom. The van der Waals surface area contributed by atoms with Crippen molar-refractivity contribution < 1.29 is 19.5 Å². The molecule has 3 fully saturated rings. The monoisotopic (exact) mass is 569 g/mol. The molecule has 3 N–H and O–H groups in total. The predicted molar refractivity (Wildman–Crippen MR) is 154 cm³/mol. The van der Waals surface area contributed by atoms with Gasteiger partial charge in [0.25, 0.3) is 0 Å². The number of nitrogens with zero attached hydrogens (tertiary/aromatic N) is 1. The summed E-state index contributed by atoms with van der Waals surface area (Å²) in [5.41, 5.74) is 1.46. The molecule has 7 nitrogen and oxygen atoms in total. The summed E-state index contributed by atoms with van der Waals surface area (Å²) in [5.74, 6) is -1.89. The van der Waals surface area contributed by atoms with E-state index < -0.39 is 28.7 Å². The van der Waals surface area contributed by atoms with Gasteiger partial charge in [-0.3, -0.25) is 14.4 Å². The van der Waals surface area contributed by atoms with Gasteiger partial charge < -0.3 is 20.6 Å². The number of likely N-dealkylation sites (tertiary alicyclic amines) is 1. The number of anilines is 1. The van der Waals surface area contributed by atoms with Crippen LogP contribution in [0.25, 0.3) is 0 Å². The first-order valence-electron chi connectivity index (χ1n) is 13.7. The van der Waals surface area contributed by atoms with E-state index in [4.69, 9.17) is 11.6 Å². The van der Waals surface area contributed by atoms with E-state index in [1.807, 2.05) is 44.2 Å². The molecular weight excluding hydrogens is 534 g/mol. The molecule has 3 saturated heterocycles. The summed E-state index contributed by atoms with van der Waals surface area (Å²) >= 11 is 8.00. The number of rotatable bonds is 9. The number of amides is 3. The van der Waals surface area contributed by atoms with Crippen molar-refractivity contribution in [1.29, 1.82) is 0 Å². The Bertz CT molecular complexity index is 1250. The number of aliphatic hydroxyl groups excluding tert-OH is 1. The van der Waals surface area contributed by atoms with Crippen molar-refractivity contribution in [2.45, 2.75) is 62.2 Å². The van der Waals surface area contributed by atoms with E-state index >= 15 is 0 Å². The van der Waals surface area contributed by atoms with Gasteiger partial charge >= 0.3 is 0 Å². The van der Waals surface area contributed by atoms with Crippen molar-refractivity contribution in [2.75, 3.05) is 11.9 Å². The quantitative estimate of drug-likeness (QED) is 0.417. The average Bonchev–Trinajstić information content (AvgIpc) is 3.53. The molecule has 0 aromatic heterocycles. The van der Waals surface area contributed by atoms with Gasteiger partial charge in [-0.05, 0) is 36.0 Å². The first-order valence-corrected chi connectivity index (χ1v) is 15.0. The number of nitrogens with one attached hydrogen (secondary N) is 2. The Morgan fingerprint density at radius 1 is 1.15 bits per heavy atom. The maximum Gasteiger partial charge on any atom is 0.248 e. The number of halogens is 1. The van der Waals surface area contributed by atoms with Crippen LogP contribution in [0, 0.1) is 23.7 Å². The summed E-state index contributed by atoms with van der Waals surface area (Å²) in [5, 5.41) is 16.9. The second-order valence-electron chi connectivity index (χ2n) is 11.1. The van der Waals surface area contributed by atoms with Crippen molar-refractivity contribution in [1.82, 2.24) is 10.2 Å². The van der Waals surface area contributed by atoms with Crippen LogP contribution in [0.1, 0.15) is 39.2 Å². The SMILES string of the molecule is CC[C@H](C)[C@H](CO)N1C(=O)[C@@H]2[C@H](C(=O)NCc3ccccc3)[C@@H]3CC(C)C2(S3)C1C(=O)Nc1ccccc1Cl. The van der Waals surface area contributed by atoms with Crippen molar-refractivity contribution >= 4 is 46.8 Å². The Morgan fingerprint density at radius 3 is 2.51 bits per heavy atom. The molecule has 9 heteroatoms. The molecule has 2 aromatic rings. The first kappa shape index (κ1) is 28.0. The maximum absolute atomic E-state index is 14.4. The van der Waals surface area contributed by atoms with Gasteiger partial charge in [-0.25, -0.2) is 0 Å². The summed E-state index contributed by atoms with van der Waals surface area (Å²) < 4.78 is -0.775. The molecular formula is C30H36ClN3O4S. The third kappa shape index (κ3) is 4.64. The fourth-order valence-electron chi connectivity index (χ4n) is 6.90. The van der Waals surface area contributed by atoms with Crippen LogP contribution in [0.15, 0.2) is 54.6 Å².